The number of benzene rings is 2. The van der Waals surface area contributed by atoms with E-state index in [2.05, 4.69) is 4.98 Å². The van der Waals surface area contributed by atoms with Crippen molar-refractivity contribution in [2.75, 3.05) is 6.79 Å². The summed E-state index contributed by atoms with van der Waals surface area (Å²) in [5, 5.41) is 11.9. The van der Waals surface area contributed by atoms with Gasteiger partial charge < -0.3 is 9.47 Å². The Morgan fingerprint density at radius 3 is 3.04 bits per heavy atom. The Labute approximate surface area is 157 Å². The van der Waals surface area contributed by atoms with Gasteiger partial charge in [0.2, 0.25) is 0 Å². The van der Waals surface area contributed by atoms with Crippen molar-refractivity contribution in [1.29, 1.82) is 0 Å². The van der Waals surface area contributed by atoms with E-state index in [4.69, 9.17) is 9.47 Å². The lowest BCUT2D eigenvalue weighted by Crippen LogP contribution is -2.13. The maximum absolute atomic E-state index is 13.5. The third-order valence-electron chi connectivity index (χ3n) is 4.03. The van der Waals surface area contributed by atoms with Gasteiger partial charge in [0.15, 0.2) is 11.9 Å². The van der Waals surface area contributed by atoms with Crippen LogP contribution in [0.2, 0.25) is 0 Å². The van der Waals surface area contributed by atoms with E-state index in [1.165, 1.54) is 36.0 Å². The van der Waals surface area contributed by atoms with E-state index in [9.17, 15) is 14.5 Å². The number of fused-ring (bicyclic) bond motifs is 1. The van der Waals surface area contributed by atoms with Crippen LogP contribution in [0.25, 0.3) is 5.69 Å². The highest BCUT2D eigenvalue weighted by Gasteiger charge is 2.21. The van der Waals surface area contributed by atoms with Crippen LogP contribution in [0.5, 0.6) is 5.75 Å². The van der Waals surface area contributed by atoms with Gasteiger partial charge in [0.25, 0.3) is 5.69 Å². The number of nitro benzene ring substituents is 1. The van der Waals surface area contributed by atoms with Gasteiger partial charge in [-0.1, -0.05) is 17.8 Å². The molecular weight excluding hydrogens is 373 g/mol. The largest absolute Gasteiger partial charge is 0.467 e. The smallest absolute Gasteiger partial charge is 0.270 e. The van der Waals surface area contributed by atoms with Crippen molar-refractivity contribution in [3.63, 3.8) is 0 Å². The topological polar surface area (TPSA) is 79.4 Å². The molecule has 3 aromatic rings. The van der Waals surface area contributed by atoms with E-state index >= 15 is 0 Å². The van der Waals surface area contributed by atoms with Gasteiger partial charge in [-0.25, -0.2) is 9.37 Å². The quantitative estimate of drug-likeness (QED) is 0.373. The van der Waals surface area contributed by atoms with Gasteiger partial charge in [-0.05, 0) is 18.2 Å². The number of aromatic nitrogens is 2. The molecule has 7 nitrogen and oxygen atoms in total. The fourth-order valence-electron chi connectivity index (χ4n) is 2.85. The van der Waals surface area contributed by atoms with Gasteiger partial charge in [-0.2, -0.15) is 0 Å². The zero-order valence-corrected chi connectivity index (χ0v) is 14.8. The van der Waals surface area contributed by atoms with Crippen molar-refractivity contribution in [2.24, 2.45) is 0 Å². The Morgan fingerprint density at radius 1 is 1.33 bits per heavy atom. The lowest BCUT2D eigenvalue weighted by Gasteiger charge is -2.20. The van der Waals surface area contributed by atoms with Crippen LogP contribution < -0.4 is 4.74 Å². The molecule has 0 unspecified atom stereocenters. The first-order valence-corrected chi connectivity index (χ1v) is 9.03. The Hall–Kier alpha value is -2.91. The van der Waals surface area contributed by atoms with Crippen molar-refractivity contribution >= 4 is 17.4 Å². The first-order chi connectivity index (χ1) is 13.1. The molecule has 0 spiro atoms. The molecule has 0 amide bonds. The summed E-state index contributed by atoms with van der Waals surface area (Å²) < 4.78 is 26.1. The summed E-state index contributed by atoms with van der Waals surface area (Å²) >= 11 is 1.39. The molecule has 0 N–H and O–H groups in total. The predicted molar refractivity (Wildman–Crippen MR) is 96.5 cm³/mol. The zero-order chi connectivity index (χ0) is 18.8. The van der Waals surface area contributed by atoms with Crippen molar-refractivity contribution in [3.05, 3.63) is 75.9 Å². The maximum atomic E-state index is 13.5. The second-order valence-electron chi connectivity index (χ2n) is 5.81. The lowest BCUT2D eigenvalue weighted by atomic mass is 10.1. The Morgan fingerprint density at radius 2 is 2.22 bits per heavy atom. The maximum Gasteiger partial charge on any atom is 0.270 e. The summed E-state index contributed by atoms with van der Waals surface area (Å²) in [5.41, 5.74) is 1.99. The Kier molecular flexibility index (Phi) is 4.78. The summed E-state index contributed by atoms with van der Waals surface area (Å²) in [4.78, 5) is 15.1. The number of halogens is 1. The standard InChI is InChI=1S/C18H14FN3O4S/c19-14-2-1-3-15(8-14)21-5-4-20-18(21)27-10-13-7-16(22(23)24)6-12-9-25-11-26-17(12)13/h1-8H,9-11H2. The SMILES string of the molecule is O=[N+]([O-])c1cc2c(c(CSc3nccn3-c3cccc(F)c3)c1)OCOC2. The van der Waals surface area contributed by atoms with E-state index in [0.29, 0.717) is 33.5 Å². The van der Waals surface area contributed by atoms with Crippen molar-refractivity contribution in [2.45, 2.75) is 17.5 Å². The van der Waals surface area contributed by atoms with Crippen LogP contribution in [-0.4, -0.2) is 21.3 Å². The van der Waals surface area contributed by atoms with Crippen LogP contribution in [0, 0.1) is 15.9 Å². The van der Waals surface area contributed by atoms with Crippen LogP contribution in [-0.2, 0) is 17.1 Å². The zero-order valence-electron chi connectivity index (χ0n) is 14.0. The lowest BCUT2D eigenvalue weighted by molar-refractivity contribution is -0.385. The number of imidazole rings is 1. The minimum atomic E-state index is -0.434. The molecule has 9 heteroatoms. The summed E-state index contributed by atoms with van der Waals surface area (Å²) in [7, 11) is 0. The average Bonchev–Trinajstić information content (AvgIpc) is 3.14. The molecule has 2 heterocycles. The molecule has 0 aliphatic carbocycles. The van der Waals surface area contributed by atoms with E-state index in [-0.39, 0.29) is 24.9 Å². The molecule has 1 aliphatic rings. The third-order valence-corrected chi connectivity index (χ3v) is 5.05. The van der Waals surface area contributed by atoms with E-state index < -0.39 is 4.92 Å². The minimum Gasteiger partial charge on any atom is -0.467 e. The molecule has 0 bridgehead atoms. The molecule has 2 aromatic carbocycles. The second kappa shape index (κ2) is 7.37. The molecule has 0 radical (unpaired) electrons. The summed E-state index contributed by atoms with van der Waals surface area (Å²) in [6, 6.07) is 9.18. The highest BCUT2D eigenvalue weighted by Crippen LogP contribution is 2.36. The fraction of sp³-hybridized carbons (Fsp3) is 0.167. The number of hydrogen-bond donors (Lipinski definition) is 0. The number of nitrogens with zero attached hydrogens (tertiary/aromatic N) is 3. The van der Waals surface area contributed by atoms with Crippen LogP contribution >= 0.6 is 11.8 Å². The van der Waals surface area contributed by atoms with Gasteiger partial charge in [0.1, 0.15) is 11.6 Å². The van der Waals surface area contributed by atoms with Crippen molar-refractivity contribution in [1.82, 2.24) is 9.55 Å². The molecule has 1 aromatic heterocycles. The monoisotopic (exact) mass is 387 g/mol. The molecule has 1 aliphatic heterocycles. The van der Waals surface area contributed by atoms with Crippen LogP contribution in [0.3, 0.4) is 0 Å². The molecule has 0 fully saturated rings. The van der Waals surface area contributed by atoms with E-state index in [0.717, 1.165) is 0 Å². The molecule has 27 heavy (non-hydrogen) atoms. The van der Waals surface area contributed by atoms with Crippen molar-refractivity contribution in [3.8, 4) is 11.4 Å². The van der Waals surface area contributed by atoms with E-state index in [1.54, 1.807) is 29.1 Å². The molecule has 138 valence electrons. The summed E-state index contributed by atoms with van der Waals surface area (Å²) in [6.07, 6.45) is 3.37. The molecule has 4 rings (SSSR count). The molecule has 0 atom stereocenters. The second-order valence-corrected chi connectivity index (χ2v) is 6.75. The van der Waals surface area contributed by atoms with Gasteiger partial charge in [-0.3, -0.25) is 14.7 Å². The summed E-state index contributed by atoms with van der Waals surface area (Å²) in [5.74, 6) is 0.692. The Bertz CT molecular complexity index is 1010. The van der Waals surface area contributed by atoms with Crippen LogP contribution in [0.15, 0.2) is 53.9 Å². The number of nitro groups is 1. The van der Waals surface area contributed by atoms with Crippen LogP contribution in [0.4, 0.5) is 10.1 Å². The van der Waals surface area contributed by atoms with Crippen LogP contribution in [0.1, 0.15) is 11.1 Å². The number of ether oxygens (including phenoxy) is 2. The van der Waals surface area contributed by atoms with Gasteiger partial charge in [0, 0.05) is 41.4 Å². The third kappa shape index (κ3) is 3.64. The van der Waals surface area contributed by atoms with Crippen molar-refractivity contribution < 1.29 is 18.8 Å². The number of hydrogen-bond acceptors (Lipinski definition) is 6. The number of rotatable bonds is 5. The first kappa shape index (κ1) is 17.5. The Balaban J connectivity index is 1.62. The normalized spacial score (nSPS) is 13.1. The minimum absolute atomic E-state index is 0.00748. The number of non-ortho nitro benzene ring substituents is 1. The predicted octanol–water partition coefficient (Wildman–Crippen LogP) is 4.08. The van der Waals surface area contributed by atoms with E-state index in [1.807, 2.05) is 0 Å². The van der Waals surface area contributed by atoms with Gasteiger partial charge in [-0.15, -0.1) is 0 Å². The average molecular weight is 387 g/mol. The van der Waals surface area contributed by atoms with Gasteiger partial charge in [0.05, 0.1) is 17.2 Å². The highest BCUT2D eigenvalue weighted by molar-refractivity contribution is 7.98. The summed E-state index contributed by atoms with van der Waals surface area (Å²) in [6.45, 7) is 0.382. The van der Waals surface area contributed by atoms with Gasteiger partial charge >= 0.3 is 0 Å². The molecular formula is C18H14FN3O4S. The number of thioether (sulfide) groups is 1. The fourth-order valence-corrected chi connectivity index (χ4v) is 3.79. The molecule has 0 saturated heterocycles. The highest BCUT2D eigenvalue weighted by atomic mass is 32.2. The first-order valence-electron chi connectivity index (χ1n) is 8.04. The molecule has 0 saturated carbocycles.